The van der Waals surface area contributed by atoms with Crippen LogP contribution < -0.4 is 0 Å². The first-order valence-corrected chi connectivity index (χ1v) is 1.49. The van der Waals surface area contributed by atoms with Crippen molar-refractivity contribution >= 4 is 5.97 Å². The molecule has 0 atom stereocenters. The minimum atomic E-state index is -0.745. The summed E-state index contributed by atoms with van der Waals surface area (Å²) in [4.78, 5) is 9.37. The molecule has 7 heavy (non-hydrogen) atoms. The van der Waals surface area contributed by atoms with Crippen molar-refractivity contribution in [1.82, 2.24) is 0 Å². The van der Waals surface area contributed by atoms with Crippen LogP contribution in [0.5, 0.6) is 0 Å². The number of carboxylic acids is 1. The molecule has 0 heterocycles. The van der Waals surface area contributed by atoms with Gasteiger partial charge in [0.25, 0.3) is 0 Å². The Balaban J connectivity index is -0.0000000800. The van der Waals surface area contributed by atoms with Crippen molar-refractivity contribution in [3.63, 3.8) is 0 Å². The molecule has 1 N–H and O–H groups in total. The van der Waals surface area contributed by atoms with Crippen molar-refractivity contribution in [2.24, 2.45) is 0 Å². The first kappa shape index (κ1) is 15.7. The van der Waals surface area contributed by atoms with Gasteiger partial charge in [-0.25, -0.2) is 0 Å². The number of rotatable bonds is 1. The van der Waals surface area contributed by atoms with Crippen molar-refractivity contribution < 1.29 is 29.4 Å². The van der Waals surface area contributed by atoms with Gasteiger partial charge in [0, 0.05) is 25.9 Å². The fourth-order valence-electron chi connectivity index (χ4n) is 0. The van der Waals surface area contributed by atoms with Gasteiger partial charge in [-0.05, 0) is 0 Å². The third-order valence-electron chi connectivity index (χ3n) is 0.302. The second-order valence-corrected chi connectivity index (χ2v) is 0.747. The molecule has 0 aromatic carbocycles. The zero-order valence-electron chi connectivity index (χ0n) is 4.77. The maximum Gasteiger partial charge on any atom is 0.303 e. The summed E-state index contributed by atoms with van der Waals surface area (Å²) in [6, 6.07) is 0. The van der Waals surface area contributed by atoms with Crippen molar-refractivity contribution in [3.05, 3.63) is 7.43 Å². The Kier molecular flexibility index (Phi) is 21.2. The van der Waals surface area contributed by atoms with E-state index in [9.17, 15) is 4.79 Å². The number of carbonyl (C=O) groups is 1. The fraction of sp³-hybridized carbons (Fsp3) is 0.500. The van der Waals surface area contributed by atoms with Gasteiger partial charge in [-0.2, -0.15) is 0 Å². The standard InChI is InChI=1S/C3H6O2.CH3.Zn/c1-2-3(4)5;;/h2H2,1H3,(H,4,5);1H3;/q;-1;. The summed E-state index contributed by atoms with van der Waals surface area (Å²) >= 11 is 0. The van der Waals surface area contributed by atoms with Gasteiger partial charge in [0.2, 0.25) is 0 Å². The Morgan fingerprint density at radius 2 is 1.86 bits per heavy atom. The molecule has 0 aliphatic carbocycles. The molecule has 0 aromatic heterocycles. The van der Waals surface area contributed by atoms with Crippen molar-refractivity contribution in [2.45, 2.75) is 13.3 Å². The third-order valence-corrected chi connectivity index (χ3v) is 0.302. The first-order chi connectivity index (χ1) is 2.27. The van der Waals surface area contributed by atoms with Crippen LogP contribution in [-0.2, 0) is 24.3 Å². The zero-order chi connectivity index (χ0) is 4.28. The molecular weight excluding hydrogens is 145 g/mol. The Bertz CT molecular complexity index is 45.0. The molecule has 0 fully saturated rings. The van der Waals surface area contributed by atoms with Gasteiger partial charge in [-0.1, -0.05) is 6.92 Å². The molecule has 0 aromatic rings. The minimum absolute atomic E-state index is 0. The molecule has 0 aliphatic heterocycles. The summed E-state index contributed by atoms with van der Waals surface area (Å²) < 4.78 is 0. The quantitative estimate of drug-likeness (QED) is 0.451. The van der Waals surface area contributed by atoms with Gasteiger partial charge >= 0.3 is 5.97 Å². The number of hydrogen-bond donors (Lipinski definition) is 1. The van der Waals surface area contributed by atoms with E-state index in [1.54, 1.807) is 6.92 Å². The van der Waals surface area contributed by atoms with E-state index in [1.165, 1.54) is 0 Å². The Hall–Kier alpha value is 0.0934. The SMILES string of the molecule is CCC(=O)O.[CH3-].[Zn]. The predicted molar refractivity (Wildman–Crippen MR) is 24.3 cm³/mol. The maximum atomic E-state index is 9.37. The molecule has 2 nitrogen and oxygen atoms in total. The van der Waals surface area contributed by atoms with Crippen LogP contribution in [0.3, 0.4) is 0 Å². The van der Waals surface area contributed by atoms with E-state index in [-0.39, 0.29) is 33.3 Å². The third kappa shape index (κ3) is 23.3. The van der Waals surface area contributed by atoms with Crippen LogP contribution in [0.25, 0.3) is 0 Å². The second kappa shape index (κ2) is 9.43. The van der Waals surface area contributed by atoms with Crippen LogP contribution in [0.1, 0.15) is 13.3 Å². The van der Waals surface area contributed by atoms with Crippen molar-refractivity contribution in [3.8, 4) is 0 Å². The summed E-state index contributed by atoms with van der Waals surface area (Å²) in [7, 11) is 0. The van der Waals surface area contributed by atoms with Crippen molar-refractivity contribution in [2.75, 3.05) is 0 Å². The van der Waals surface area contributed by atoms with E-state index in [0.717, 1.165) is 0 Å². The molecule has 0 aliphatic rings. The zero-order valence-corrected chi connectivity index (χ0v) is 7.74. The summed E-state index contributed by atoms with van der Waals surface area (Å²) in [5, 5.41) is 7.72. The summed E-state index contributed by atoms with van der Waals surface area (Å²) in [6.07, 6.45) is 0.222. The average molecular weight is 155 g/mol. The largest absolute Gasteiger partial charge is 0.481 e. The van der Waals surface area contributed by atoms with E-state index >= 15 is 0 Å². The van der Waals surface area contributed by atoms with Crippen LogP contribution in [0, 0.1) is 7.43 Å². The molecule has 0 rings (SSSR count). The molecule has 0 amide bonds. The van der Waals surface area contributed by atoms with Crippen LogP contribution in [0.15, 0.2) is 0 Å². The van der Waals surface area contributed by atoms with E-state index in [1.807, 2.05) is 0 Å². The van der Waals surface area contributed by atoms with E-state index in [2.05, 4.69) is 0 Å². The molecule has 40 valence electrons. The topological polar surface area (TPSA) is 37.3 Å². The first-order valence-electron chi connectivity index (χ1n) is 1.49. The Labute approximate surface area is 56.7 Å². The van der Waals surface area contributed by atoms with Gasteiger partial charge < -0.3 is 12.5 Å². The molecule has 0 saturated carbocycles. The van der Waals surface area contributed by atoms with Crippen LogP contribution in [0.4, 0.5) is 0 Å². The van der Waals surface area contributed by atoms with Gasteiger partial charge in [0.05, 0.1) is 0 Å². The molecule has 0 radical (unpaired) electrons. The van der Waals surface area contributed by atoms with Crippen molar-refractivity contribution in [1.29, 1.82) is 0 Å². The van der Waals surface area contributed by atoms with E-state index in [4.69, 9.17) is 5.11 Å². The van der Waals surface area contributed by atoms with Crippen LogP contribution in [-0.4, -0.2) is 11.1 Å². The van der Waals surface area contributed by atoms with E-state index in [0.29, 0.717) is 0 Å². The Morgan fingerprint density at radius 1 is 1.71 bits per heavy atom. The number of hydrogen-bond acceptors (Lipinski definition) is 1. The predicted octanol–water partition coefficient (Wildman–Crippen LogP) is 0.929. The summed E-state index contributed by atoms with van der Waals surface area (Å²) in [6.45, 7) is 1.60. The maximum absolute atomic E-state index is 9.37. The summed E-state index contributed by atoms with van der Waals surface area (Å²) in [5.74, 6) is -0.745. The molecule has 0 unspecified atom stereocenters. The summed E-state index contributed by atoms with van der Waals surface area (Å²) in [5.41, 5.74) is 0. The van der Waals surface area contributed by atoms with E-state index < -0.39 is 5.97 Å². The van der Waals surface area contributed by atoms with Gasteiger partial charge in [0.15, 0.2) is 0 Å². The van der Waals surface area contributed by atoms with Gasteiger partial charge in [0.1, 0.15) is 0 Å². The van der Waals surface area contributed by atoms with Crippen LogP contribution in [0.2, 0.25) is 0 Å². The van der Waals surface area contributed by atoms with Gasteiger partial charge in [-0.15, -0.1) is 0 Å². The molecule has 3 heteroatoms. The Morgan fingerprint density at radius 3 is 1.86 bits per heavy atom. The second-order valence-electron chi connectivity index (χ2n) is 0.747. The smallest absolute Gasteiger partial charge is 0.303 e. The molecule has 0 saturated heterocycles. The average Bonchev–Trinajstić information content (AvgIpc) is 1.38. The number of carboxylic acid groups (broad SMARTS) is 1. The van der Waals surface area contributed by atoms with Gasteiger partial charge in [-0.3, -0.25) is 4.79 Å². The fourth-order valence-corrected chi connectivity index (χ4v) is 0. The number of aliphatic carboxylic acids is 1. The molecular formula is C4H9O2Zn-. The molecule has 0 bridgehead atoms. The molecule has 0 spiro atoms. The normalized spacial score (nSPS) is 5.29. The monoisotopic (exact) mass is 153 g/mol. The minimum Gasteiger partial charge on any atom is -0.481 e. The van der Waals surface area contributed by atoms with Crippen LogP contribution >= 0.6 is 0 Å².